The van der Waals surface area contributed by atoms with Crippen molar-refractivity contribution in [3.8, 4) is 11.5 Å². The van der Waals surface area contributed by atoms with Crippen molar-refractivity contribution in [1.29, 1.82) is 0 Å². The predicted molar refractivity (Wildman–Crippen MR) is 94.8 cm³/mol. The van der Waals surface area contributed by atoms with Gasteiger partial charge < -0.3 is 25.6 Å². The molecular formula is C19H21FN2O4. The molecule has 0 fully saturated rings. The number of rotatable bonds is 7. The highest BCUT2D eigenvalue weighted by Gasteiger charge is 2.25. The van der Waals surface area contributed by atoms with Crippen LogP contribution in [0.4, 0.5) is 10.1 Å². The molecule has 0 bridgehead atoms. The van der Waals surface area contributed by atoms with Gasteiger partial charge in [0.05, 0.1) is 6.10 Å². The van der Waals surface area contributed by atoms with E-state index in [0.29, 0.717) is 24.1 Å². The lowest BCUT2D eigenvalue weighted by atomic mass is 10.0. The number of aliphatic hydroxyl groups is 1. The Bertz CT molecular complexity index is 797. The van der Waals surface area contributed by atoms with Crippen LogP contribution >= 0.6 is 0 Å². The lowest BCUT2D eigenvalue weighted by Crippen LogP contribution is -2.28. The number of ether oxygens (including phenoxy) is 1. The Morgan fingerprint density at radius 2 is 2.08 bits per heavy atom. The third-order valence-electron chi connectivity index (χ3n) is 4.23. The number of benzene rings is 2. The van der Waals surface area contributed by atoms with Gasteiger partial charge in [-0.25, -0.2) is 4.39 Å². The third-order valence-corrected chi connectivity index (χ3v) is 4.23. The highest BCUT2D eigenvalue weighted by atomic mass is 19.1. The van der Waals surface area contributed by atoms with Gasteiger partial charge in [-0.2, -0.15) is 0 Å². The average molecular weight is 360 g/mol. The first-order chi connectivity index (χ1) is 12.6. The monoisotopic (exact) mass is 360 g/mol. The van der Waals surface area contributed by atoms with Crippen molar-refractivity contribution in [2.24, 2.45) is 0 Å². The number of aromatic hydroxyl groups is 1. The fraction of sp³-hybridized carbons (Fsp3) is 0.316. The van der Waals surface area contributed by atoms with Gasteiger partial charge in [-0.15, -0.1) is 0 Å². The Kier molecular flexibility index (Phi) is 5.70. The van der Waals surface area contributed by atoms with E-state index in [2.05, 4.69) is 10.6 Å². The van der Waals surface area contributed by atoms with Gasteiger partial charge in [0.1, 0.15) is 17.3 Å². The minimum absolute atomic E-state index is 0.109. The van der Waals surface area contributed by atoms with E-state index in [1.165, 1.54) is 12.1 Å². The molecule has 1 atom stereocenters. The molecule has 0 saturated carbocycles. The molecule has 0 aliphatic carbocycles. The van der Waals surface area contributed by atoms with Crippen LogP contribution in [0.15, 0.2) is 36.4 Å². The number of hydrogen-bond acceptors (Lipinski definition) is 5. The molecule has 1 aliphatic heterocycles. The first-order valence-electron chi connectivity index (χ1n) is 8.47. The van der Waals surface area contributed by atoms with Gasteiger partial charge in [-0.3, -0.25) is 4.79 Å². The second-order valence-electron chi connectivity index (χ2n) is 6.13. The number of hydrogen-bond donors (Lipinski definition) is 4. The standard InChI is InChI=1S/C19H21FN2O4/c20-14-6-2-1-4-12(14)5-3-9-21-10-16(24)13-7-8-15(23)18-19(13)26-11-17(25)22-18/h1-2,4,6-8,16,21,23-24H,3,5,9-11H2,(H,22,25). The number of phenols is 1. The molecule has 0 spiro atoms. The lowest BCUT2D eigenvalue weighted by molar-refractivity contribution is -0.118. The number of nitrogens with one attached hydrogen (secondary N) is 2. The molecule has 1 amide bonds. The largest absolute Gasteiger partial charge is 0.506 e. The third kappa shape index (κ3) is 4.12. The Labute approximate surface area is 150 Å². The van der Waals surface area contributed by atoms with Crippen LogP contribution in [0.1, 0.15) is 23.7 Å². The van der Waals surface area contributed by atoms with Crippen LogP contribution in [0.5, 0.6) is 11.5 Å². The number of fused-ring (bicyclic) bond motifs is 1. The molecule has 3 rings (SSSR count). The average Bonchev–Trinajstić information content (AvgIpc) is 2.63. The fourth-order valence-corrected chi connectivity index (χ4v) is 2.89. The summed E-state index contributed by atoms with van der Waals surface area (Å²) in [5.74, 6) is -0.389. The van der Waals surface area contributed by atoms with Gasteiger partial charge in [0.2, 0.25) is 0 Å². The van der Waals surface area contributed by atoms with Crippen LogP contribution in [-0.4, -0.2) is 35.8 Å². The zero-order valence-electron chi connectivity index (χ0n) is 14.2. The summed E-state index contributed by atoms with van der Waals surface area (Å²) >= 11 is 0. The number of carbonyl (C=O) groups excluding carboxylic acids is 1. The maximum Gasteiger partial charge on any atom is 0.262 e. The summed E-state index contributed by atoms with van der Waals surface area (Å²) in [6, 6.07) is 9.65. The van der Waals surface area contributed by atoms with Crippen molar-refractivity contribution in [3.63, 3.8) is 0 Å². The SMILES string of the molecule is O=C1COc2c(C(O)CNCCCc3ccccc3F)ccc(O)c2N1. The summed E-state index contributed by atoms with van der Waals surface area (Å²) in [7, 11) is 0. The summed E-state index contributed by atoms with van der Waals surface area (Å²) in [5, 5.41) is 25.9. The molecular weight excluding hydrogens is 339 g/mol. The minimum atomic E-state index is -0.868. The molecule has 2 aromatic rings. The minimum Gasteiger partial charge on any atom is -0.506 e. The fourth-order valence-electron chi connectivity index (χ4n) is 2.89. The van der Waals surface area contributed by atoms with Crippen LogP contribution in [-0.2, 0) is 11.2 Å². The van der Waals surface area contributed by atoms with Crippen LogP contribution < -0.4 is 15.4 Å². The summed E-state index contributed by atoms with van der Waals surface area (Å²) in [4.78, 5) is 11.4. The number of aryl methyl sites for hydroxylation is 1. The summed E-state index contributed by atoms with van der Waals surface area (Å²) < 4.78 is 18.9. The molecule has 7 heteroatoms. The smallest absolute Gasteiger partial charge is 0.262 e. The van der Waals surface area contributed by atoms with Crippen molar-refractivity contribution in [1.82, 2.24) is 5.32 Å². The number of amides is 1. The van der Waals surface area contributed by atoms with Gasteiger partial charge in [0, 0.05) is 12.1 Å². The molecule has 26 heavy (non-hydrogen) atoms. The van der Waals surface area contributed by atoms with Crippen molar-refractivity contribution in [3.05, 3.63) is 53.3 Å². The summed E-state index contributed by atoms with van der Waals surface area (Å²) in [6.45, 7) is 0.724. The zero-order valence-corrected chi connectivity index (χ0v) is 14.2. The molecule has 0 saturated heterocycles. The van der Waals surface area contributed by atoms with E-state index in [0.717, 1.165) is 6.42 Å². The van der Waals surface area contributed by atoms with Gasteiger partial charge in [-0.05, 0) is 43.1 Å². The summed E-state index contributed by atoms with van der Waals surface area (Å²) in [6.07, 6.45) is 0.473. The molecule has 6 nitrogen and oxygen atoms in total. The zero-order chi connectivity index (χ0) is 18.5. The van der Waals surface area contributed by atoms with Crippen molar-refractivity contribution in [2.75, 3.05) is 25.0 Å². The van der Waals surface area contributed by atoms with Gasteiger partial charge in [-0.1, -0.05) is 18.2 Å². The summed E-state index contributed by atoms with van der Waals surface area (Å²) in [5.41, 5.74) is 1.34. The lowest BCUT2D eigenvalue weighted by Gasteiger charge is -2.23. The van der Waals surface area contributed by atoms with Gasteiger partial charge in [0.25, 0.3) is 5.91 Å². The molecule has 0 aromatic heterocycles. The van der Waals surface area contributed by atoms with Crippen molar-refractivity contribution < 1.29 is 24.1 Å². The molecule has 1 heterocycles. The maximum atomic E-state index is 13.5. The Morgan fingerprint density at radius 1 is 1.27 bits per heavy atom. The van der Waals surface area contributed by atoms with E-state index in [9.17, 15) is 19.4 Å². The number of halogens is 1. The number of phenolic OH excluding ortho intramolecular Hbond substituents is 1. The topological polar surface area (TPSA) is 90.8 Å². The molecule has 4 N–H and O–H groups in total. The predicted octanol–water partition coefficient (Wildman–Crippen LogP) is 2.12. The molecule has 2 aromatic carbocycles. The van der Waals surface area contributed by atoms with Gasteiger partial charge >= 0.3 is 0 Å². The highest BCUT2D eigenvalue weighted by molar-refractivity contribution is 5.97. The van der Waals surface area contributed by atoms with E-state index in [4.69, 9.17) is 4.74 Å². The van der Waals surface area contributed by atoms with Crippen LogP contribution in [0, 0.1) is 5.82 Å². The number of carbonyl (C=O) groups is 1. The molecule has 1 unspecified atom stereocenters. The number of aliphatic hydroxyl groups excluding tert-OH is 1. The Morgan fingerprint density at radius 3 is 2.88 bits per heavy atom. The highest BCUT2D eigenvalue weighted by Crippen LogP contribution is 2.41. The van der Waals surface area contributed by atoms with E-state index in [1.807, 2.05) is 6.07 Å². The van der Waals surface area contributed by atoms with Crippen LogP contribution in [0.25, 0.3) is 0 Å². The van der Waals surface area contributed by atoms with E-state index >= 15 is 0 Å². The van der Waals surface area contributed by atoms with E-state index in [1.54, 1.807) is 18.2 Å². The number of anilines is 1. The first-order valence-corrected chi connectivity index (χ1v) is 8.47. The van der Waals surface area contributed by atoms with Crippen LogP contribution in [0.3, 0.4) is 0 Å². The van der Waals surface area contributed by atoms with Crippen molar-refractivity contribution in [2.45, 2.75) is 18.9 Å². The van der Waals surface area contributed by atoms with Crippen molar-refractivity contribution >= 4 is 11.6 Å². The molecule has 1 aliphatic rings. The quantitative estimate of drug-likeness (QED) is 0.449. The van der Waals surface area contributed by atoms with E-state index < -0.39 is 6.10 Å². The van der Waals surface area contributed by atoms with Gasteiger partial charge in [0.15, 0.2) is 12.4 Å². The second kappa shape index (κ2) is 8.16. The van der Waals surface area contributed by atoms with Crippen LogP contribution in [0.2, 0.25) is 0 Å². The normalized spacial score (nSPS) is 14.3. The first kappa shape index (κ1) is 18.2. The maximum absolute atomic E-state index is 13.5. The van der Waals surface area contributed by atoms with E-state index in [-0.39, 0.29) is 42.1 Å². The molecule has 0 radical (unpaired) electrons. The second-order valence-corrected chi connectivity index (χ2v) is 6.13. The Hall–Kier alpha value is -2.64. The Balaban J connectivity index is 1.53. The molecule has 138 valence electrons.